The minimum Gasteiger partial charge on any atom is -0.379 e. The maximum Gasteiger partial charge on any atom is 0.222 e. The van der Waals surface area contributed by atoms with Crippen molar-refractivity contribution in [3.8, 4) is 0 Å². The first-order valence-electron chi connectivity index (χ1n) is 10.3. The molecule has 1 heterocycles. The summed E-state index contributed by atoms with van der Waals surface area (Å²) in [5.41, 5.74) is 1.73. The predicted molar refractivity (Wildman–Crippen MR) is 117 cm³/mol. The molecule has 1 saturated heterocycles. The Morgan fingerprint density at radius 3 is 2.29 bits per heavy atom. The van der Waals surface area contributed by atoms with Crippen LogP contribution in [0.4, 0.5) is 4.39 Å². The molecule has 1 aliphatic heterocycles. The van der Waals surface area contributed by atoms with Gasteiger partial charge in [0.2, 0.25) is 11.8 Å². The first-order chi connectivity index (χ1) is 14.9. The summed E-state index contributed by atoms with van der Waals surface area (Å²) >= 11 is 5.95. The molecule has 2 aromatic carbocycles. The first-order valence-corrected chi connectivity index (χ1v) is 10.7. The molecule has 2 amide bonds. The number of nitrogens with one attached hydrogen (secondary N) is 2. The standard InChI is InChI=1S/C23H27ClFN3O3/c1-16(29)27-21(17-2-6-19(24)7-3-17)14-23(30)26-15-22(28-10-12-31-13-11-28)18-4-8-20(25)9-5-18/h2-9,21-22H,10-15H2,1H3,(H,26,30)(H,27,29)/t21-,22+/m1/s1. The fraction of sp³-hybridized carbons (Fsp3) is 0.391. The van der Waals surface area contributed by atoms with Crippen molar-refractivity contribution in [2.75, 3.05) is 32.8 Å². The third-order valence-electron chi connectivity index (χ3n) is 5.27. The van der Waals surface area contributed by atoms with Gasteiger partial charge in [-0.05, 0) is 35.4 Å². The summed E-state index contributed by atoms with van der Waals surface area (Å²) in [6, 6.07) is 12.8. The Hall–Kier alpha value is -2.48. The second-order valence-corrected chi connectivity index (χ2v) is 7.96. The third-order valence-corrected chi connectivity index (χ3v) is 5.53. The lowest BCUT2D eigenvalue weighted by Gasteiger charge is -2.35. The van der Waals surface area contributed by atoms with E-state index in [1.165, 1.54) is 19.1 Å². The number of carbonyl (C=O) groups excluding carboxylic acids is 2. The Bertz CT molecular complexity index is 871. The van der Waals surface area contributed by atoms with Crippen LogP contribution in [0.2, 0.25) is 5.02 Å². The number of halogens is 2. The van der Waals surface area contributed by atoms with E-state index in [9.17, 15) is 14.0 Å². The fourth-order valence-corrected chi connectivity index (χ4v) is 3.82. The van der Waals surface area contributed by atoms with Crippen molar-refractivity contribution in [2.45, 2.75) is 25.4 Å². The zero-order chi connectivity index (χ0) is 22.2. The van der Waals surface area contributed by atoms with E-state index >= 15 is 0 Å². The van der Waals surface area contributed by atoms with Crippen LogP contribution in [0, 0.1) is 5.82 Å². The van der Waals surface area contributed by atoms with Crippen molar-refractivity contribution in [3.63, 3.8) is 0 Å². The van der Waals surface area contributed by atoms with Crippen LogP contribution in [-0.4, -0.2) is 49.6 Å². The van der Waals surface area contributed by atoms with Gasteiger partial charge >= 0.3 is 0 Å². The Labute approximate surface area is 186 Å². The second-order valence-electron chi connectivity index (χ2n) is 7.53. The molecule has 0 spiro atoms. The third kappa shape index (κ3) is 7.02. The van der Waals surface area contributed by atoms with Gasteiger partial charge in [0.1, 0.15) is 5.82 Å². The van der Waals surface area contributed by atoms with Crippen molar-refractivity contribution >= 4 is 23.4 Å². The monoisotopic (exact) mass is 447 g/mol. The lowest BCUT2D eigenvalue weighted by atomic mass is 10.0. The highest BCUT2D eigenvalue weighted by Crippen LogP contribution is 2.23. The number of rotatable bonds is 8. The average Bonchev–Trinajstić information content (AvgIpc) is 2.75. The number of hydrogen-bond donors (Lipinski definition) is 2. The summed E-state index contributed by atoms with van der Waals surface area (Å²) in [6.45, 7) is 4.50. The van der Waals surface area contributed by atoms with Crippen molar-refractivity contribution in [1.82, 2.24) is 15.5 Å². The molecule has 6 nitrogen and oxygen atoms in total. The molecule has 0 saturated carbocycles. The molecule has 2 N–H and O–H groups in total. The molecule has 1 fully saturated rings. The summed E-state index contributed by atoms with van der Waals surface area (Å²) in [4.78, 5) is 26.6. The number of amides is 2. The summed E-state index contributed by atoms with van der Waals surface area (Å²) < 4.78 is 18.8. The molecule has 0 aliphatic carbocycles. The smallest absolute Gasteiger partial charge is 0.222 e. The van der Waals surface area contributed by atoms with Crippen LogP contribution in [-0.2, 0) is 14.3 Å². The highest BCUT2D eigenvalue weighted by Gasteiger charge is 2.24. The number of nitrogens with zero attached hydrogens (tertiary/aromatic N) is 1. The van der Waals surface area contributed by atoms with Gasteiger partial charge in [-0.1, -0.05) is 35.9 Å². The molecule has 0 aromatic heterocycles. The highest BCUT2D eigenvalue weighted by molar-refractivity contribution is 6.30. The van der Waals surface area contributed by atoms with Crippen LogP contribution in [0.1, 0.15) is 36.6 Å². The molecule has 1 aliphatic rings. The Morgan fingerprint density at radius 1 is 1.06 bits per heavy atom. The average molecular weight is 448 g/mol. The number of ether oxygens (including phenoxy) is 1. The zero-order valence-corrected chi connectivity index (χ0v) is 18.2. The molecule has 0 bridgehead atoms. The molecule has 3 rings (SSSR count). The molecule has 8 heteroatoms. The van der Waals surface area contributed by atoms with Crippen molar-refractivity contribution < 1.29 is 18.7 Å². The summed E-state index contributed by atoms with van der Waals surface area (Å²) in [6.07, 6.45) is 0.0977. The van der Waals surface area contributed by atoms with Gasteiger partial charge in [0.25, 0.3) is 0 Å². The van der Waals surface area contributed by atoms with Crippen molar-refractivity contribution in [1.29, 1.82) is 0 Å². The fourth-order valence-electron chi connectivity index (χ4n) is 3.69. The maximum atomic E-state index is 13.4. The topological polar surface area (TPSA) is 70.7 Å². The number of benzene rings is 2. The van der Waals surface area contributed by atoms with Gasteiger partial charge in [-0.3, -0.25) is 14.5 Å². The Kier molecular flexibility index (Phi) is 8.40. The van der Waals surface area contributed by atoms with Crippen LogP contribution in [0.3, 0.4) is 0 Å². The van der Waals surface area contributed by atoms with Crippen molar-refractivity contribution in [3.05, 3.63) is 70.5 Å². The highest BCUT2D eigenvalue weighted by atomic mass is 35.5. The molecule has 31 heavy (non-hydrogen) atoms. The summed E-state index contributed by atoms with van der Waals surface area (Å²) in [5, 5.41) is 6.40. The SMILES string of the molecule is CC(=O)N[C@H](CC(=O)NC[C@@H](c1ccc(F)cc1)N1CCOCC1)c1ccc(Cl)cc1. The van der Waals surface area contributed by atoms with E-state index in [1.807, 2.05) is 0 Å². The number of carbonyl (C=O) groups is 2. The largest absolute Gasteiger partial charge is 0.379 e. The summed E-state index contributed by atoms with van der Waals surface area (Å²) in [7, 11) is 0. The molecular formula is C23H27ClFN3O3. The molecule has 2 atom stereocenters. The van der Waals surface area contributed by atoms with Gasteiger partial charge in [0, 0.05) is 31.6 Å². The van der Waals surface area contributed by atoms with Crippen LogP contribution >= 0.6 is 11.6 Å². The van der Waals surface area contributed by atoms with Gasteiger partial charge in [-0.15, -0.1) is 0 Å². The number of hydrogen-bond acceptors (Lipinski definition) is 4. The van der Waals surface area contributed by atoms with Crippen LogP contribution in [0.25, 0.3) is 0 Å². The van der Waals surface area contributed by atoms with Gasteiger partial charge in [0.15, 0.2) is 0 Å². The van der Waals surface area contributed by atoms with Gasteiger partial charge in [0.05, 0.1) is 31.7 Å². The van der Waals surface area contributed by atoms with E-state index < -0.39 is 6.04 Å². The molecule has 2 aromatic rings. The van der Waals surface area contributed by atoms with Crippen LogP contribution in [0.5, 0.6) is 0 Å². The van der Waals surface area contributed by atoms with Crippen LogP contribution in [0.15, 0.2) is 48.5 Å². The molecular weight excluding hydrogens is 421 g/mol. The number of morpholine rings is 1. The lowest BCUT2D eigenvalue weighted by molar-refractivity contribution is -0.123. The predicted octanol–water partition coefficient (Wildman–Crippen LogP) is 3.24. The van der Waals surface area contributed by atoms with Crippen LogP contribution < -0.4 is 10.6 Å². The minimum atomic E-state index is -0.456. The van der Waals surface area contributed by atoms with E-state index in [0.29, 0.717) is 24.8 Å². The van der Waals surface area contributed by atoms with Gasteiger partial charge in [-0.2, -0.15) is 0 Å². The Morgan fingerprint density at radius 2 is 1.68 bits per heavy atom. The van der Waals surface area contributed by atoms with E-state index in [2.05, 4.69) is 15.5 Å². The lowest BCUT2D eigenvalue weighted by Crippen LogP contribution is -2.44. The minimum absolute atomic E-state index is 0.0943. The molecule has 166 valence electrons. The van der Waals surface area contributed by atoms with Gasteiger partial charge in [-0.25, -0.2) is 4.39 Å². The van der Waals surface area contributed by atoms with Gasteiger partial charge < -0.3 is 15.4 Å². The maximum absolute atomic E-state index is 13.4. The van der Waals surface area contributed by atoms with E-state index in [-0.39, 0.29) is 30.1 Å². The van der Waals surface area contributed by atoms with E-state index in [4.69, 9.17) is 16.3 Å². The second kappa shape index (κ2) is 11.2. The Balaban J connectivity index is 1.67. The summed E-state index contributed by atoms with van der Waals surface area (Å²) in [5.74, 6) is -0.700. The van der Waals surface area contributed by atoms with Crippen molar-refractivity contribution in [2.24, 2.45) is 0 Å². The normalized spacial score (nSPS) is 16.4. The van der Waals surface area contributed by atoms with E-state index in [0.717, 1.165) is 24.2 Å². The quantitative estimate of drug-likeness (QED) is 0.651. The van der Waals surface area contributed by atoms with E-state index in [1.54, 1.807) is 36.4 Å². The zero-order valence-electron chi connectivity index (χ0n) is 17.4. The first kappa shape index (κ1) is 23.2. The molecule has 0 unspecified atom stereocenters. The molecule has 0 radical (unpaired) electrons.